The zero-order valence-corrected chi connectivity index (χ0v) is 14.4. The van der Waals surface area contributed by atoms with Gasteiger partial charge in [0.2, 0.25) is 0 Å². The van der Waals surface area contributed by atoms with Crippen molar-refractivity contribution in [2.45, 2.75) is 13.8 Å². The van der Waals surface area contributed by atoms with E-state index in [-0.39, 0.29) is 11.5 Å². The molecule has 1 aromatic heterocycles. The van der Waals surface area contributed by atoms with E-state index in [0.717, 1.165) is 16.7 Å². The number of aryl methyl sites for hydroxylation is 3. The standard InChI is InChI=1S/C20H19N3O2/c1-13-8-9-15(14(2)12-13)20(25)21-17-7-5-4-6-16(17)18-10-11-19(24)23(3)22-18/h4-12H,1-3H3,(H,21,25). The summed E-state index contributed by atoms with van der Waals surface area (Å²) >= 11 is 0. The summed E-state index contributed by atoms with van der Waals surface area (Å²) in [5.74, 6) is -0.172. The van der Waals surface area contributed by atoms with Gasteiger partial charge in [-0.1, -0.05) is 35.9 Å². The number of para-hydroxylation sites is 1. The van der Waals surface area contributed by atoms with E-state index in [0.29, 0.717) is 16.9 Å². The molecule has 25 heavy (non-hydrogen) atoms. The maximum Gasteiger partial charge on any atom is 0.266 e. The average Bonchev–Trinajstić information content (AvgIpc) is 2.58. The highest BCUT2D eigenvalue weighted by Gasteiger charge is 2.13. The molecule has 126 valence electrons. The monoisotopic (exact) mass is 333 g/mol. The third-order valence-corrected chi connectivity index (χ3v) is 4.04. The minimum absolute atomic E-state index is 0.172. The van der Waals surface area contributed by atoms with Crippen LogP contribution in [0.15, 0.2) is 59.4 Å². The van der Waals surface area contributed by atoms with Crippen molar-refractivity contribution in [2.24, 2.45) is 7.05 Å². The number of carbonyl (C=O) groups is 1. The summed E-state index contributed by atoms with van der Waals surface area (Å²) in [7, 11) is 1.60. The second kappa shape index (κ2) is 6.73. The molecule has 5 nitrogen and oxygen atoms in total. The second-order valence-corrected chi connectivity index (χ2v) is 6.00. The van der Waals surface area contributed by atoms with Crippen LogP contribution in [0.5, 0.6) is 0 Å². The Bertz CT molecular complexity index is 1010. The third-order valence-electron chi connectivity index (χ3n) is 4.04. The molecule has 1 heterocycles. The Morgan fingerprint density at radius 1 is 1.04 bits per heavy atom. The van der Waals surface area contributed by atoms with Crippen LogP contribution in [0.3, 0.4) is 0 Å². The van der Waals surface area contributed by atoms with Crippen molar-refractivity contribution in [1.29, 1.82) is 0 Å². The van der Waals surface area contributed by atoms with E-state index < -0.39 is 0 Å². The quantitative estimate of drug-likeness (QED) is 0.800. The van der Waals surface area contributed by atoms with Crippen molar-refractivity contribution in [3.05, 3.63) is 81.6 Å². The van der Waals surface area contributed by atoms with Gasteiger partial charge in [0.15, 0.2) is 0 Å². The smallest absolute Gasteiger partial charge is 0.266 e. The van der Waals surface area contributed by atoms with Crippen LogP contribution in [0.1, 0.15) is 21.5 Å². The van der Waals surface area contributed by atoms with Crippen molar-refractivity contribution in [1.82, 2.24) is 9.78 Å². The molecule has 0 radical (unpaired) electrons. The summed E-state index contributed by atoms with van der Waals surface area (Å²) in [5, 5.41) is 7.22. The van der Waals surface area contributed by atoms with E-state index in [4.69, 9.17) is 0 Å². The van der Waals surface area contributed by atoms with Gasteiger partial charge >= 0.3 is 0 Å². The van der Waals surface area contributed by atoms with Crippen LogP contribution in [-0.2, 0) is 7.05 Å². The fourth-order valence-corrected chi connectivity index (χ4v) is 2.72. The van der Waals surface area contributed by atoms with Crippen LogP contribution < -0.4 is 10.9 Å². The van der Waals surface area contributed by atoms with Gasteiger partial charge in [-0.25, -0.2) is 4.68 Å². The summed E-state index contributed by atoms with van der Waals surface area (Å²) in [6, 6.07) is 16.3. The predicted molar refractivity (Wildman–Crippen MR) is 98.8 cm³/mol. The molecule has 1 N–H and O–H groups in total. The number of rotatable bonds is 3. The molecule has 0 atom stereocenters. The number of hydrogen-bond acceptors (Lipinski definition) is 3. The Morgan fingerprint density at radius 3 is 2.52 bits per heavy atom. The first kappa shape index (κ1) is 16.6. The highest BCUT2D eigenvalue weighted by atomic mass is 16.1. The normalized spacial score (nSPS) is 10.5. The van der Waals surface area contributed by atoms with Gasteiger partial charge in [-0.15, -0.1) is 0 Å². The Hall–Kier alpha value is -3.21. The number of aromatic nitrogens is 2. The lowest BCUT2D eigenvalue weighted by molar-refractivity contribution is 0.102. The zero-order chi connectivity index (χ0) is 18.0. The largest absolute Gasteiger partial charge is 0.321 e. The molecule has 0 aliphatic heterocycles. The number of anilines is 1. The van der Waals surface area contributed by atoms with Gasteiger partial charge in [-0.3, -0.25) is 9.59 Å². The number of carbonyl (C=O) groups excluding carboxylic acids is 1. The van der Waals surface area contributed by atoms with Crippen molar-refractivity contribution in [2.75, 3.05) is 5.32 Å². The van der Waals surface area contributed by atoms with Gasteiger partial charge in [0.05, 0.1) is 11.4 Å². The second-order valence-electron chi connectivity index (χ2n) is 6.00. The topological polar surface area (TPSA) is 64.0 Å². The molecule has 3 aromatic rings. The molecule has 0 aliphatic carbocycles. The molecule has 0 fully saturated rings. The van der Waals surface area contributed by atoms with Crippen molar-refractivity contribution in [3.63, 3.8) is 0 Å². The molecular formula is C20H19N3O2. The molecule has 0 bridgehead atoms. The molecule has 0 saturated heterocycles. The van der Waals surface area contributed by atoms with Crippen LogP contribution in [0.4, 0.5) is 5.69 Å². The summed E-state index contributed by atoms with van der Waals surface area (Å²) in [5.41, 5.74) is 4.53. The minimum Gasteiger partial charge on any atom is -0.321 e. The Morgan fingerprint density at radius 2 is 1.80 bits per heavy atom. The van der Waals surface area contributed by atoms with Crippen LogP contribution in [-0.4, -0.2) is 15.7 Å². The van der Waals surface area contributed by atoms with E-state index >= 15 is 0 Å². The fraction of sp³-hybridized carbons (Fsp3) is 0.150. The highest BCUT2D eigenvalue weighted by Crippen LogP contribution is 2.26. The summed E-state index contributed by atoms with van der Waals surface area (Å²) in [6.07, 6.45) is 0. The first-order chi connectivity index (χ1) is 12.0. The molecule has 1 amide bonds. The Kier molecular flexibility index (Phi) is 4.48. The van der Waals surface area contributed by atoms with Crippen molar-refractivity contribution < 1.29 is 4.79 Å². The van der Waals surface area contributed by atoms with Crippen molar-refractivity contribution in [3.8, 4) is 11.3 Å². The Labute approximate surface area is 145 Å². The van der Waals surface area contributed by atoms with Gasteiger partial charge < -0.3 is 5.32 Å². The molecule has 2 aromatic carbocycles. The molecular weight excluding hydrogens is 314 g/mol. The van der Waals surface area contributed by atoms with Crippen LogP contribution in [0, 0.1) is 13.8 Å². The fourth-order valence-electron chi connectivity index (χ4n) is 2.72. The molecule has 0 spiro atoms. The molecule has 0 unspecified atom stereocenters. The summed E-state index contributed by atoms with van der Waals surface area (Å²) < 4.78 is 1.28. The van der Waals surface area contributed by atoms with Crippen molar-refractivity contribution >= 4 is 11.6 Å². The average molecular weight is 333 g/mol. The molecule has 0 aliphatic rings. The zero-order valence-electron chi connectivity index (χ0n) is 14.4. The SMILES string of the molecule is Cc1ccc(C(=O)Nc2ccccc2-c2ccc(=O)n(C)n2)c(C)c1. The molecule has 3 rings (SSSR count). The van der Waals surface area contributed by atoms with E-state index in [1.54, 1.807) is 13.1 Å². The summed E-state index contributed by atoms with van der Waals surface area (Å²) in [4.78, 5) is 24.2. The van der Waals surface area contributed by atoms with Gasteiger partial charge in [-0.2, -0.15) is 5.10 Å². The van der Waals surface area contributed by atoms with Gasteiger partial charge in [0, 0.05) is 24.2 Å². The maximum absolute atomic E-state index is 12.7. The lowest BCUT2D eigenvalue weighted by atomic mass is 10.0. The molecule has 0 saturated carbocycles. The number of nitrogens with one attached hydrogen (secondary N) is 1. The van der Waals surface area contributed by atoms with E-state index in [1.165, 1.54) is 10.7 Å². The Balaban J connectivity index is 1.97. The molecule has 5 heteroatoms. The first-order valence-corrected chi connectivity index (χ1v) is 7.98. The summed E-state index contributed by atoms with van der Waals surface area (Å²) in [6.45, 7) is 3.91. The maximum atomic E-state index is 12.7. The van der Waals surface area contributed by atoms with E-state index in [9.17, 15) is 9.59 Å². The van der Waals surface area contributed by atoms with Gasteiger partial charge in [-0.05, 0) is 37.6 Å². The number of hydrogen-bond donors (Lipinski definition) is 1. The lowest BCUT2D eigenvalue weighted by Crippen LogP contribution is -2.19. The van der Waals surface area contributed by atoms with Crippen LogP contribution in [0.25, 0.3) is 11.3 Å². The lowest BCUT2D eigenvalue weighted by Gasteiger charge is -2.12. The van der Waals surface area contributed by atoms with Gasteiger partial charge in [0.25, 0.3) is 11.5 Å². The first-order valence-electron chi connectivity index (χ1n) is 7.98. The highest BCUT2D eigenvalue weighted by molar-refractivity contribution is 6.07. The number of benzene rings is 2. The number of amides is 1. The van der Waals surface area contributed by atoms with Crippen LogP contribution >= 0.6 is 0 Å². The van der Waals surface area contributed by atoms with Gasteiger partial charge in [0.1, 0.15) is 0 Å². The van der Waals surface area contributed by atoms with E-state index in [1.807, 2.05) is 56.3 Å². The minimum atomic E-state index is -0.180. The van der Waals surface area contributed by atoms with Crippen LogP contribution in [0.2, 0.25) is 0 Å². The third kappa shape index (κ3) is 3.50. The van der Waals surface area contributed by atoms with E-state index in [2.05, 4.69) is 10.4 Å². The predicted octanol–water partition coefficient (Wildman–Crippen LogP) is 3.32. The number of nitrogens with zero attached hydrogens (tertiary/aromatic N) is 2.